The van der Waals surface area contributed by atoms with E-state index in [9.17, 15) is 8.42 Å². The van der Waals surface area contributed by atoms with Crippen molar-refractivity contribution in [1.29, 1.82) is 5.26 Å². The number of fused-ring (bicyclic) bond motifs is 1. The monoisotopic (exact) mass is 475 g/mol. The Morgan fingerprint density at radius 3 is 2.38 bits per heavy atom. The Kier molecular flexibility index (Phi) is 5.84. The van der Waals surface area contributed by atoms with E-state index in [1.807, 2.05) is 30.3 Å². The number of benzene rings is 2. The van der Waals surface area contributed by atoms with Crippen LogP contribution in [-0.4, -0.2) is 50.4 Å². The first kappa shape index (κ1) is 22.2. The first-order chi connectivity index (χ1) is 16.4. The molecule has 0 bridgehead atoms. The van der Waals surface area contributed by atoms with Crippen LogP contribution in [0.2, 0.25) is 0 Å². The van der Waals surface area contributed by atoms with Gasteiger partial charge in [-0.25, -0.2) is 18.4 Å². The highest BCUT2D eigenvalue weighted by atomic mass is 32.2. The quantitative estimate of drug-likeness (QED) is 0.553. The van der Waals surface area contributed by atoms with Gasteiger partial charge in [0.1, 0.15) is 17.9 Å². The van der Waals surface area contributed by atoms with Gasteiger partial charge in [-0.15, -0.1) is 0 Å². The van der Waals surface area contributed by atoms with E-state index in [1.54, 1.807) is 24.5 Å². The third kappa shape index (κ3) is 4.41. The summed E-state index contributed by atoms with van der Waals surface area (Å²) in [4.78, 5) is 13.3. The molecule has 2 aromatic carbocycles. The molecule has 0 N–H and O–H groups in total. The molecule has 0 spiro atoms. The van der Waals surface area contributed by atoms with Crippen molar-refractivity contribution in [2.24, 2.45) is 0 Å². The van der Waals surface area contributed by atoms with Crippen molar-refractivity contribution in [3.8, 4) is 11.8 Å². The van der Waals surface area contributed by atoms with Gasteiger partial charge in [0.05, 0.1) is 22.9 Å². The molecule has 5 rings (SSSR count). The summed E-state index contributed by atoms with van der Waals surface area (Å²) >= 11 is 0. The first-order valence-corrected chi connectivity index (χ1v) is 13.1. The van der Waals surface area contributed by atoms with Gasteiger partial charge in [-0.2, -0.15) is 5.26 Å². The highest BCUT2D eigenvalue weighted by molar-refractivity contribution is 7.90. The molecule has 0 amide bonds. The third-order valence-corrected chi connectivity index (χ3v) is 7.48. The molecule has 0 unspecified atom stereocenters. The SMILES string of the molecule is CS(=O)(=O)c1ccc(N2CCc3c(OC4CCN(c5ncc(C#N)cn5)CC4)cccc32)cc1. The van der Waals surface area contributed by atoms with E-state index in [4.69, 9.17) is 10.00 Å². The fraction of sp³-hybridized carbons (Fsp3) is 0.320. The molecule has 3 heterocycles. The highest BCUT2D eigenvalue weighted by Crippen LogP contribution is 2.40. The maximum absolute atomic E-state index is 11.8. The number of ether oxygens (including phenoxy) is 1. The molecule has 2 aliphatic heterocycles. The minimum atomic E-state index is -3.21. The molecule has 1 saturated heterocycles. The summed E-state index contributed by atoms with van der Waals surface area (Å²) in [5.74, 6) is 1.57. The Hall–Kier alpha value is -3.64. The molecule has 34 heavy (non-hydrogen) atoms. The second-order valence-corrected chi connectivity index (χ2v) is 10.6. The van der Waals surface area contributed by atoms with Crippen LogP contribution in [0.3, 0.4) is 0 Å². The lowest BCUT2D eigenvalue weighted by molar-refractivity contribution is 0.169. The van der Waals surface area contributed by atoms with Crippen LogP contribution in [-0.2, 0) is 16.3 Å². The van der Waals surface area contributed by atoms with Crippen molar-refractivity contribution in [1.82, 2.24) is 9.97 Å². The Morgan fingerprint density at radius 2 is 1.74 bits per heavy atom. The molecule has 1 aromatic heterocycles. The van der Waals surface area contributed by atoms with Crippen LogP contribution < -0.4 is 14.5 Å². The van der Waals surface area contributed by atoms with Gasteiger partial charge in [0.2, 0.25) is 5.95 Å². The summed E-state index contributed by atoms with van der Waals surface area (Å²) in [6.07, 6.45) is 7.05. The molecular weight excluding hydrogens is 450 g/mol. The number of nitriles is 1. The van der Waals surface area contributed by atoms with Crippen LogP contribution in [0.15, 0.2) is 59.8 Å². The van der Waals surface area contributed by atoms with Crippen molar-refractivity contribution < 1.29 is 13.2 Å². The van der Waals surface area contributed by atoms with Crippen molar-refractivity contribution in [2.75, 3.05) is 35.7 Å². The van der Waals surface area contributed by atoms with E-state index in [0.29, 0.717) is 16.4 Å². The summed E-state index contributed by atoms with van der Waals surface area (Å²) in [5, 5.41) is 8.92. The Morgan fingerprint density at radius 1 is 1.03 bits per heavy atom. The van der Waals surface area contributed by atoms with Crippen molar-refractivity contribution >= 4 is 27.2 Å². The predicted octanol–water partition coefficient (Wildman–Crippen LogP) is 3.49. The van der Waals surface area contributed by atoms with Gasteiger partial charge >= 0.3 is 0 Å². The average Bonchev–Trinajstić information content (AvgIpc) is 3.29. The molecule has 0 aliphatic carbocycles. The Balaban J connectivity index is 1.26. The lowest BCUT2D eigenvalue weighted by Gasteiger charge is -2.32. The van der Waals surface area contributed by atoms with E-state index >= 15 is 0 Å². The molecule has 1 fully saturated rings. The number of hydrogen-bond donors (Lipinski definition) is 0. The molecule has 0 saturated carbocycles. The van der Waals surface area contributed by atoms with Gasteiger partial charge < -0.3 is 14.5 Å². The van der Waals surface area contributed by atoms with E-state index in [0.717, 1.165) is 56.0 Å². The molecule has 3 aromatic rings. The number of nitrogens with zero attached hydrogens (tertiary/aromatic N) is 5. The van der Waals surface area contributed by atoms with Gasteiger partial charge in [-0.1, -0.05) is 6.07 Å². The van der Waals surface area contributed by atoms with Gasteiger partial charge in [0.15, 0.2) is 9.84 Å². The van der Waals surface area contributed by atoms with Crippen LogP contribution in [0.1, 0.15) is 24.0 Å². The fourth-order valence-corrected chi connectivity index (χ4v) is 5.18. The van der Waals surface area contributed by atoms with E-state index in [2.05, 4.69) is 25.8 Å². The standard InChI is InChI=1S/C25H25N5O3S/c1-34(31,32)21-7-5-19(6-8-21)30-14-11-22-23(30)3-2-4-24(22)33-20-9-12-29(13-10-20)25-27-16-18(15-26)17-28-25/h2-8,16-17,20H,9-14H2,1H3. The summed E-state index contributed by atoms with van der Waals surface area (Å²) in [6.45, 7) is 2.41. The second kappa shape index (κ2) is 8.95. The van der Waals surface area contributed by atoms with E-state index in [1.165, 1.54) is 11.8 Å². The summed E-state index contributed by atoms with van der Waals surface area (Å²) < 4.78 is 30.0. The molecule has 2 aliphatic rings. The maximum atomic E-state index is 11.8. The van der Waals surface area contributed by atoms with Crippen LogP contribution in [0.25, 0.3) is 0 Å². The topological polar surface area (TPSA) is 99.4 Å². The van der Waals surface area contributed by atoms with Crippen molar-refractivity contribution in [2.45, 2.75) is 30.3 Å². The summed E-state index contributed by atoms with van der Waals surface area (Å²) in [6, 6.07) is 15.2. The first-order valence-electron chi connectivity index (χ1n) is 11.3. The number of rotatable bonds is 5. The normalized spacial score (nSPS) is 16.2. The lowest BCUT2D eigenvalue weighted by atomic mass is 10.1. The number of aromatic nitrogens is 2. The minimum Gasteiger partial charge on any atom is -0.490 e. The van der Waals surface area contributed by atoms with Crippen LogP contribution in [0.4, 0.5) is 17.3 Å². The zero-order chi connectivity index (χ0) is 23.7. The number of piperidine rings is 1. The molecule has 0 radical (unpaired) electrons. The smallest absolute Gasteiger partial charge is 0.225 e. The zero-order valence-electron chi connectivity index (χ0n) is 18.9. The second-order valence-electron chi connectivity index (χ2n) is 8.61. The largest absolute Gasteiger partial charge is 0.490 e. The highest BCUT2D eigenvalue weighted by Gasteiger charge is 2.27. The number of sulfone groups is 1. The summed E-state index contributed by atoms with van der Waals surface area (Å²) in [5.41, 5.74) is 3.72. The van der Waals surface area contributed by atoms with Crippen molar-refractivity contribution in [3.05, 3.63) is 66.0 Å². The maximum Gasteiger partial charge on any atom is 0.225 e. The average molecular weight is 476 g/mol. The lowest BCUT2D eigenvalue weighted by Crippen LogP contribution is -2.39. The molecule has 9 heteroatoms. The molecule has 8 nitrogen and oxygen atoms in total. The molecule has 174 valence electrons. The zero-order valence-corrected chi connectivity index (χ0v) is 19.7. The van der Waals surface area contributed by atoms with E-state index in [-0.39, 0.29) is 6.10 Å². The number of anilines is 3. The van der Waals surface area contributed by atoms with Gasteiger partial charge in [0.25, 0.3) is 0 Å². The summed E-state index contributed by atoms with van der Waals surface area (Å²) in [7, 11) is -3.21. The van der Waals surface area contributed by atoms with Crippen LogP contribution in [0, 0.1) is 11.3 Å². The van der Waals surface area contributed by atoms with Crippen LogP contribution >= 0.6 is 0 Å². The van der Waals surface area contributed by atoms with Gasteiger partial charge in [-0.05, 0) is 42.8 Å². The molecular formula is C25H25N5O3S. The molecule has 0 atom stereocenters. The van der Waals surface area contributed by atoms with Crippen molar-refractivity contribution in [3.63, 3.8) is 0 Å². The Labute approximate surface area is 199 Å². The van der Waals surface area contributed by atoms with Crippen LogP contribution in [0.5, 0.6) is 5.75 Å². The number of hydrogen-bond acceptors (Lipinski definition) is 8. The van der Waals surface area contributed by atoms with Gasteiger partial charge in [-0.3, -0.25) is 0 Å². The van der Waals surface area contributed by atoms with E-state index < -0.39 is 9.84 Å². The predicted molar refractivity (Wildman–Crippen MR) is 129 cm³/mol. The Bertz CT molecular complexity index is 1330. The third-order valence-electron chi connectivity index (χ3n) is 6.35. The fourth-order valence-electron chi connectivity index (χ4n) is 4.55. The van der Waals surface area contributed by atoms with Gasteiger partial charge in [0, 0.05) is 55.7 Å². The minimum absolute atomic E-state index is 0.115.